The standard InChI is InChI=1S/C25H27N5O4S/c1-30-11-10-27-22(30)15-28-25(32)34-18-7-8-19-20(14-26)24(35-21(19)13-18)29-23(31)9-6-16-4-3-5-17(12-16)33-2/h3-5,10-12,18H,6-9,13,15H2,1-2H3,(H,28,32)(H,29,31). The van der Waals surface area contributed by atoms with Gasteiger partial charge in [-0.1, -0.05) is 12.1 Å². The maximum Gasteiger partial charge on any atom is 0.407 e. The minimum Gasteiger partial charge on any atom is -0.497 e. The molecule has 0 aliphatic heterocycles. The van der Waals surface area contributed by atoms with Crippen molar-refractivity contribution in [1.82, 2.24) is 14.9 Å². The van der Waals surface area contributed by atoms with E-state index in [1.54, 1.807) is 13.3 Å². The fraction of sp³-hybridized carbons (Fsp3) is 0.360. The number of methoxy groups -OCH3 is 1. The molecule has 0 radical (unpaired) electrons. The van der Waals surface area contributed by atoms with Gasteiger partial charge in [0.2, 0.25) is 5.91 Å². The molecule has 0 spiro atoms. The van der Waals surface area contributed by atoms with Gasteiger partial charge in [-0.2, -0.15) is 5.26 Å². The maximum atomic E-state index is 12.6. The smallest absolute Gasteiger partial charge is 0.407 e. The van der Waals surface area contributed by atoms with Crippen molar-refractivity contribution in [2.45, 2.75) is 44.8 Å². The molecule has 1 unspecified atom stereocenters. The van der Waals surface area contributed by atoms with E-state index in [-0.39, 0.29) is 18.6 Å². The molecule has 4 rings (SSSR count). The monoisotopic (exact) mass is 493 g/mol. The van der Waals surface area contributed by atoms with Crippen LogP contribution in [0.25, 0.3) is 0 Å². The average molecular weight is 494 g/mol. The highest BCUT2D eigenvalue weighted by Crippen LogP contribution is 2.38. The quantitative estimate of drug-likeness (QED) is 0.494. The number of rotatable bonds is 8. The van der Waals surface area contributed by atoms with Crippen molar-refractivity contribution in [3.63, 3.8) is 0 Å². The Hall–Kier alpha value is -3.84. The van der Waals surface area contributed by atoms with Gasteiger partial charge in [-0.25, -0.2) is 9.78 Å². The summed E-state index contributed by atoms with van der Waals surface area (Å²) in [5.41, 5.74) is 2.46. The van der Waals surface area contributed by atoms with Gasteiger partial charge in [0, 0.05) is 37.2 Å². The fourth-order valence-electron chi connectivity index (χ4n) is 4.05. The normalized spacial score (nSPS) is 14.5. The van der Waals surface area contributed by atoms with Gasteiger partial charge >= 0.3 is 6.09 Å². The Labute approximate surface area is 207 Å². The van der Waals surface area contributed by atoms with Crippen LogP contribution in [-0.4, -0.2) is 34.8 Å². The number of benzene rings is 1. The van der Waals surface area contributed by atoms with Crippen molar-refractivity contribution in [1.29, 1.82) is 5.26 Å². The number of ether oxygens (including phenoxy) is 2. The van der Waals surface area contributed by atoms with Crippen molar-refractivity contribution in [3.8, 4) is 11.8 Å². The highest BCUT2D eigenvalue weighted by molar-refractivity contribution is 7.16. The van der Waals surface area contributed by atoms with Crippen LogP contribution >= 0.6 is 11.3 Å². The molecule has 2 heterocycles. The molecule has 182 valence electrons. The van der Waals surface area contributed by atoms with Crippen LogP contribution in [0.15, 0.2) is 36.7 Å². The Bertz CT molecular complexity index is 1260. The number of hydrogen-bond acceptors (Lipinski definition) is 7. The summed E-state index contributed by atoms with van der Waals surface area (Å²) < 4.78 is 12.7. The maximum absolute atomic E-state index is 12.6. The second-order valence-corrected chi connectivity index (χ2v) is 9.40. The number of aromatic nitrogens is 2. The summed E-state index contributed by atoms with van der Waals surface area (Å²) in [7, 11) is 3.47. The first-order valence-electron chi connectivity index (χ1n) is 11.3. The first-order valence-corrected chi connectivity index (χ1v) is 12.2. The average Bonchev–Trinajstić information content (AvgIpc) is 3.43. The van der Waals surface area contributed by atoms with E-state index in [0.717, 1.165) is 27.6 Å². The second kappa shape index (κ2) is 11.1. The van der Waals surface area contributed by atoms with Crippen molar-refractivity contribution >= 4 is 28.3 Å². The number of thiophene rings is 1. The van der Waals surface area contributed by atoms with Crippen LogP contribution in [0.1, 0.15) is 40.2 Å². The van der Waals surface area contributed by atoms with E-state index in [1.807, 2.05) is 42.1 Å². The largest absolute Gasteiger partial charge is 0.497 e. The predicted molar refractivity (Wildman–Crippen MR) is 131 cm³/mol. The number of aryl methyl sites for hydroxylation is 2. The van der Waals surface area contributed by atoms with Crippen molar-refractivity contribution < 1.29 is 19.1 Å². The van der Waals surface area contributed by atoms with Crippen molar-refractivity contribution in [3.05, 3.63) is 64.1 Å². The van der Waals surface area contributed by atoms with Crippen LogP contribution in [-0.2, 0) is 42.4 Å². The summed E-state index contributed by atoms with van der Waals surface area (Å²) in [6.45, 7) is 0.282. The summed E-state index contributed by atoms with van der Waals surface area (Å²) >= 11 is 1.39. The number of alkyl carbamates (subject to hydrolysis) is 1. The number of fused-ring (bicyclic) bond motifs is 1. The summed E-state index contributed by atoms with van der Waals surface area (Å²) in [6.07, 6.45) is 5.32. The molecule has 9 nitrogen and oxygen atoms in total. The molecule has 0 saturated carbocycles. The van der Waals surface area contributed by atoms with Gasteiger partial charge < -0.3 is 24.7 Å². The minimum absolute atomic E-state index is 0.149. The topological polar surface area (TPSA) is 118 Å². The predicted octanol–water partition coefficient (Wildman–Crippen LogP) is 3.72. The third-order valence-electron chi connectivity index (χ3n) is 5.95. The molecule has 1 atom stereocenters. The summed E-state index contributed by atoms with van der Waals surface area (Å²) in [5, 5.41) is 15.9. The zero-order valence-corrected chi connectivity index (χ0v) is 20.5. The number of hydrogen-bond donors (Lipinski definition) is 2. The molecule has 2 aromatic heterocycles. The van der Waals surface area contributed by atoms with E-state index in [9.17, 15) is 14.9 Å². The van der Waals surface area contributed by atoms with Gasteiger partial charge in [0.05, 0.1) is 19.2 Å². The number of carbonyl (C=O) groups is 2. The highest BCUT2D eigenvalue weighted by atomic mass is 32.1. The molecule has 0 saturated heterocycles. The van der Waals surface area contributed by atoms with Crippen LogP contribution in [0.4, 0.5) is 9.80 Å². The molecule has 1 aliphatic rings. The third-order valence-corrected chi connectivity index (χ3v) is 7.11. The van der Waals surface area contributed by atoms with Crippen LogP contribution in [0.2, 0.25) is 0 Å². The minimum atomic E-state index is -0.496. The first-order chi connectivity index (χ1) is 17.0. The third kappa shape index (κ3) is 6.00. The van der Waals surface area contributed by atoms with Gasteiger partial charge in [0.15, 0.2) is 0 Å². The molecular formula is C25H27N5O4S. The number of imidazole rings is 1. The van der Waals surface area contributed by atoms with E-state index < -0.39 is 6.09 Å². The fourth-order valence-corrected chi connectivity index (χ4v) is 5.33. The Balaban J connectivity index is 1.32. The lowest BCUT2D eigenvalue weighted by Gasteiger charge is -2.22. The number of nitrogens with one attached hydrogen (secondary N) is 2. The zero-order valence-electron chi connectivity index (χ0n) is 19.7. The van der Waals surface area contributed by atoms with Gasteiger partial charge in [-0.3, -0.25) is 4.79 Å². The van der Waals surface area contributed by atoms with Crippen LogP contribution < -0.4 is 15.4 Å². The summed E-state index contributed by atoms with van der Waals surface area (Å²) in [5.74, 6) is 1.34. The van der Waals surface area contributed by atoms with Gasteiger partial charge in [-0.05, 0) is 42.5 Å². The summed E-state index contributed by atoms with van der Waals surface area (Å²) in [4.78, 5) is 30.0. The van der Waals surface area contributed by atoms with Gasteiger partial charge in [0.1, 0.15) is 28.7 Å². The Kier molecular flexibility index (Phi) is 7.67. The van der Waals surface area contributed by atoms with Crippen LogP contribution in [0.5, 0.6) is 5.75 Å². The molecule has 0 bridgehead atoms. The first kappa shape index (κ1) is 24.3. The van der Waals surface area contributed by atoms with Gasteiger partial charge in [-0.15, -0.1) is 11.3 Å². The SMILES string of the molecule is COc1cccc(CCC(=O)Nc2sc3c(c2C#N)CCC(OC(=O)NCc2nccn2C)C3)c1. The molecule has 35 heavy (non-hydrogen) atoms. The second-order valence-electron chi connectivity index (χ2n) is 8.30. The van der Waals surface area contributed by atoms with E-state index in [4.69, 9.17) is 9.47 Å². The Morgan fingerprint density at radius 1 is 1.37 bits per heavy atom. The molecule has 0 fully saturated rings. The molecule has 2 amide bonds. The molecule has 3 aromatic rings. The Morgan fingerprint density at radius 3 is 2.97 bits per heavy atom. The lowest BCUT2D eigenvalue weighted by atomic mass is 9.94. The highest BCUT2D eigenvalue weighted by Gasteiger charge is 2.28. The summed E-state index contributed by atoms with van der Waals surface area (Å²) in [6, 6.07) is 9.86. The van der Waals surface area contributed by atoms with Crippen LogP contribution in [0.3, 0.4) is 0 Å². The molecular weight excluding hydrogens is 466 g/mol. The zero-order chi connectivity index (χ0) is 24.8. The molecule has 10 heteroatoms. The number of amides is 2. The Morgan fingerprint density at radius 2 is 2.23 bits per heavy atom. The van der Waals surface area contributed by atoms with Crippen molar-refractivity contribution in [2.75, 3.05) is 12.4 Å². The number of anilines is 1. The lowest BCUT2D eigenvalue weighted by Crippen LogP contribution is -2.32. The van der Waals surface area contributed by atoms with E-state index in [2.05, 4.69) is 21.7 Å². The van der Waals surface area contributed by atoms with Gasteiger partial charge in [0.25, 0.3) is 0 Å². The van der Waals surface area contributed by atoms with Crippen LogP contribution in [0, 0.1) is 11.3 Å². The molecule has 1 aliphatic carbocycles. The molecule has 1 aromatic carbocycles. The number of nitrogens with zero attached hydrogens (tertiary/aromatic N) is 3. The van der Waals surface area contributed by atoms with E-state index >= 15 is 0 Å². The van der Waals surface area contributed by atoms with E-state index in [0.29, 0.717) is 42.7 Å². The van der Waals surface area contributed by atoms with Crippen molar-refractivity contribution in [2.24, 2.45) is 7.05 Å². The number of carbonyl (C=O) groups excluding carboxylic acids is 2. The van der Waals surface area contributed by atoms with E-state index in [1.165, 1.54) is 11.3 Å². The lowest BCUT2D eigenvalue weighted by molar-refractivity contribution is -0.116. The molecule has 2 N–H and O–H groups in total. The number of nitriles is 1.